The highest BCUT2D eigenvalue weighted by atomic mass is 15.2. The summed E-state index contributed by atoms with van der Waals surface area (Å²) in [7, 11) is 4.11. The number of rotatable bonds is 7. The monoisotopic (exact) mass is 309 g/mol. The van der Waals surface area contributed by atoms with Crippen LogP contribution in [0.3, 0.4) is 0 Å². The normalized spacial score (nSPS) is 22.9. The number of aliphatic imine (C=N–C) groups is 1. The Morgan fingerprint density at radius 2 is 1.95 bits per heavy atom. The van der Waals surface area contributed by atoms with Crippen molar-refractivity contribution in [1.29, 1.82) is 0 Å². The molecule has 0 bridgehead atoms. The summed E-state index contributed by atoms with van der Waals surface area (Å²) in [5, 5.41) is 7.10. The summed E-state index contributed by atoms with van der Waals surface area (Å²) in [5.41, 5.74) is 0. The molecule has 1 heterocycles. The fourth-order valence-corrected chi connectivity index (χ4v) is 3.24. The summed E-state index contributed by atoms with van der Waals surface area (Å²) < 4.78 is 0. The molecule has 0 aromatic heterocycles. The fraction of sp³-hybridized carbons (Fsp3) is 0.941. The van der Waals surface area contributed by atoms with Crippen LogP contribution >= 0.6 is 0 Å². The summed E-state index contributed by atoms with van der Waals surface area (Å²) in [6.45, 7) is 9.18. The van der Waals surface area contributed by atoms with Gasteiger partial charge in [0, 0.05) is 44.8 Å². The molecule has 0 radical (unpaired) electrons. The fourth-order valence-electron chi connectivity index (χ4n) is 3.24. The molecule has 2 aliphatic rings. The topological polar surface area (TPSA) is 42.9 Å². The maximum Gasteiger partial charge on any atom is 0.191 e. The van der Waals surface area contributed by atoms with Gasteiger partial charge in [0.1, 0.15) is 0 Å². The average molecular weight is 310 g/mol. The number of nitrogens with zero attached hydrogens (tertiary/aromatic N) is 3. The first-order chi connectivity index (χ1) is 10.6. The largest absolute Gasteiger partial charge is 0.355 e. The summed E-state index contributed by atoms with van der Waals surface area (Å²) in [4.78, 5) is 9.45. The number of guanidine groups is 1. The number of hydrogen-bond acceptors (Lipinski definition) is 3. The molecule has 1 aliphatic heterocycles. The third-order valence-electron chi connectivity index (χ3n) is 5.07. The van der Waals surface area contributed by atoms with Gasteiger partial charge in [-0.2, -0.15) is 0 Å². The van der Waals surface area contributed by atoms with Gasteiger partial charge in [0.15, 0.2) is 5.96 Å². The second kappa shape index (κ2) is 8.73. The molecule has 1 atom stereocenters. The third kappa shape index (κ3) is 5.43. The number of piperidine rings is 1. The zero-order chi connectivity index (χ0) is 15.9. The molecule has 22 heavy (non-hydrogen) atoms. The van der Waals surface area contributed by atoms with Gasteiger partial charge >= 0.3 is 0 Å². The van der Waals surface area contributed by atoms with Crippen LogP contribution in [0.4, 0.5) is 0 Å². The van der Waals surface area contributed by atoms with Crippen LogP contribution in [0.2, 0.25) is 0 Å². The van der Waals surface area contributed by atoms with Crippen molar-refractivity contribution in [2.75, 3.05) is 40.3 Å². The van der Waals surface area contributed by atoms with E-state index in [0.717, 1.165) is 18.5 Å². The lowest BCUT2D eigenvalue weighted by molar-refractivity contribution is 0.206. The minimum absolute atomic E-state index is 0.553. The zero-order valence-corrected chi connectivity index (χ0v) is 14.9. The molecular weight excluding hydrogens is 274 g/mol. The van der Waals surface area contributed by atoms with Gasteiger partial charge in [0.25, 0.3) is 0 Å². The molecule has 1 saturated carbocycles. The Morgan fingerprint density at radius 3 is 2.50 bits per heavy atom. The van der Waals surface area contributed by atoms with Crippen molar-refractivity contribution in [1.82, 2.24) is 20.4 Å². The van der Waals surface area contributed by atoms with E-state index < -0.39 is 0 Å². The van der Waals surface area contributed by atoms with Gasteiger partial charge in [-0.05, 0) is 52.6 Å². The molecule has 2 N–H and O–H groups in total. The molecule has 2 rings (SSSR count). The third-order valence-corrected chi connectivity index (χ3v) is 5.07. The Hall–Kier alpha value is -0.810. The molecule has 2 fully saturated rings. The summed E-state index contributed by atoms with van der Waals surface area (Å²) in [5.74, 6) is 0.963. The molecule has 0 aromatic rings. The highest BCUT2D eigenvalue weighted by Gasteiger charge is 2.29. The van der Waals surface area contributed by atoms with Crippen molar-refractivity contribution in [3.05, 3.63) is 0 Å². The van der Waals surface area contributed by atoms with E-state index in [4.69, 9.17) is 0 Å². The van der Waals surface area contributed by atoms with Gasteiger partial charge in [-0.1, -0.05) is 6.92 Å². The standard InChI is InChI=1S/C17H35N5/c1-5-10-22-11-8-15(9-12-22)20-17(18-3)19-13-14(2)21(4)16-6-7-16/h14-16H,5-13H2,1-4H3,(H2,18,19,20). The second-order valence-corrected chi connectivity index (χ2v) is 6.96. The lowest BCUT2D eigenvalue weighted by atomic mass is 10.1. The van der Waals surface area contributed by atoms with E-state index in [9.17, 15) is 0 Å². The minimum atomic E-state index is 0.553. The van der Waals surface area contributed by atoms with Crippen molar-refractivity contribution in [3.8, 4) is 0 Å². The Bertz CT molecular complexity index is 345. The molecule has 1 saturated heterocycles. The smallest absolute Gasteiger partial charge is 0.191 e. The Kier molecular flexibility index (Phi) is 6.96. The molecule has 128 valence electrons. The van der Waals surface area contributed by atoms with Gasteiger partial charge in [-0.3, -0.25) is 9.89 Å². The first-order valence-electron chi connectivity index (χ1n) is 9.05. The molecule has 1 unspecified atom stereocenters. The van der Waals surface area contributed by atoms with Crippen LogP contribution in [0.1, 0.15) is 46.0 Å². The quantitative estimate of drug-likeness (QED) is 0.553. The molecule has 0 spiro atoms. The minimum Gasteiger partial charge on any atom is -0.355 e. The molecule has 5 nitrogen and oxygen atoms in total. The first kappa shape index (κ1) is 17.5. The van der Waals surface area contributed by atoms with Crippen molar-refractivity contribution in [3.63, 3.8) is 0 Å². The Morgan fingerprint density at radius 1 is 1.27 bits per heavy atom. The van der Waals surface area contributed by atoms with E-state index in [1.54, 1.807) is 0 Å². The number of likely N-dealkylation sites (N-methyl/N-ethyl adjacent to an activating group) is 1. The predicted molar refractivity (Wildman–Crippen MR) is 94.5 cm³/mol. The predicted octanol–water partition coefficient (Wildman–Crippen LogP) is 1.51. The highest BCUT2D eigenvalue weighted by Crippen LogP contribution is 2.26. The molecule has 0 aromatic carbocycles. The molecule has 5 heteroatoms. The van der Waals surface area contributed by atoms with Gasteiger partial charge in [-0.25, -0.2) is 0 Å². The molecule has 0 amide bonds. The maximum atomic E-state index is 4.39. The SMILES string of the molecule is CCCN1CCC(NC(=NC)NCC(C)N(C)C2CC2)CC1. The van der Waals surface area contributed by atoms with E-state index >= 15 is 0 Å². The van der Waals surface area contributed by atoms with Crippen LogP contribution in [0.5, 0.6) is 0 Å². The van der Waals surface area contributed by atoms with E-state index in [0.29, 0.717) is 12.1 Å². The highest BCUT2D eigenvalue weighted by molar-refractivity contribution is 5.80. The van der Waals surface area contributed by atoms with Crippen LogP contribution < -0.4 is 10.6 Å². The average Bonchev–Trinajstić information content (AvgIpc) is 3.37. The van der Waals surface area contributed by atoms with Crippen LogP contribution in [0.25, 0.3) is 0 Å². The van der Waals surface area contributed by atoms with E-state index in [2.05, 4.69) is 46.3 Å². The van der Waals surface area contributed by atoms with Crippen LogP contribution in [0.15, 0.2) is 4.99 Å². The number of nitrogens with one attached hydrogen (secondary N) is 2. The van der Waals surface area contributed by atoms with E-state index in [-0.39, 0.29) is 0 Å². The van der Waals surface area contributed by atoms with Crippen molar-refractivity contribution in [2.24, 2.45) is 4.99 Å². The van der Waals surface area contributed by atoms with Crippen molar-refractivity contribution in [2.45, 2.75) is 64.1 Å². The summed E-state index contributed by atoms with van der Waals surface area (Å²) in [6, 6.07) is 1.93. The van der Waals surface area contributed by atoms with Gasteiger partial charge in [0.05, 0.1) is 0 Å². The van der Waals surface area contributed by atoms with Gasteiger partial charge in [-0.15, -0.1) is 0 Å². The Balaban J connectivity index is 1.67. The first-order valence-corrected chi connectivity index (χ1v) is 9.05. The molecular formula is C17H35N5. The lowest BCUT2D eigenvalue weighted by Gasteiger charge is -2.33. The van der Waals surface area contributed by atoms with Gasteiger partial charge in [0.2, 0.25) is 0 Å². The maximum absolute atomic E-state index is 4.39. The number of hydrogen-bond donors (Lipinski definition) is 2. The second-order valence-electron chi connectivity index (χ2n) is 6.96. The molecule has 1 aliphatic carbocycles. The van der Waals surface area contributed by atoms with Crippen molar-refractivity contribution < 1.29 is 0 Å². The van der Waals surface area contributed by atoms with Crippen LogP contribution in [0, 0.1) is 0 Å². The van der Waals surface area contributed by atoms with Gasteiger partial charge < -0.3 is 15.5 Å². The lowest BCUT2D eigenvalue weighted by Crippen LogP contribution is -2.51. The van der Waals surface area contributed by atoms with E-state index in [1.807, 2.05) is 7.05 Å². The van der Waals surface area contributed by atoms with E-state index in [1.165, 1.54) is 51.7 Å². The van der Waals surface area contributed by atoms with Crippen LogP contribution in [-0.2, 0) is 0 Å². The summed E-state index contributed by atoms with van der Waals surface area (Å²) in [6.07, 6.45) is 6.43. The zero-order valence-electron chi connectivity index (χ0n) is 14.9. The number of likely N-dealkylation sites (tertiary alicyclic amines) is 1. The Labute approximate surface area is 136 Å². The van der Waals surface area contributed by atoms with Crippen LogP contribution in [-0.4, -0.2) is 74.2 Å². The van der Waals surface area contributed by atoms with Crippen molar-refractivity contribution >= 4 is 5.96 Å². The summed E-state index contributed by atoms with van der Waals surface area (Å²) >= 11 is 0.